The molecule has 0 radical (unpaired) electrons. The standard InChI is InChI=1S/C9H10BrNO3S/c1-11-5-6-8(15(11,12)13)4-3-7(10)9(6)14-2/h3-4H,5H2,1-2H3. The van der Waals surface area contributed by atoms with Crippen LogP contribution in [0.15, 0.2) is 21.5 Å². The Morgan fingerprint density at radius 1 is 1.47 bits per heavy atom. The van der Waals surface area contributed by atoms with E-state index in [1.807, 2.05) is 0 Å². The van der Waals surface area contributed by atoms with Crippen molar-refractivity contribution in [1.29, 1.82) is 0 Å². The van der Waals surface area contributed by atoms with Gasteiger partial charge >= 0.3 is 0 Å². The van der Waals surface area contributed by atoms with E-state index < -0.39 is 10.0 Å². The number of rotatable bonds is 1. The van der Waals surface area contributed by atoms with Crippen molar-refractivity contribution in [2.45, 2.75) is 11.4 Å². The van der Waals surface area contributed by atoms with Gasteiger partial charge in [-0.25, -0.2) is 8.42 Å². The van der Waals surface area contributed by atoms with Crippen LogP contribution in [0.25, 0.3) is 0 Å². The molecule has 0 amide bonds. The highest BCUT2D eigenvalue weighted by Gasteiger charge is 2.34. The average Bonchev–Trinajstić information content (AvgIpc) is 2.38. The lowest BCUT2D eigenvalue weighted by molar-refractivity contribution is 0.400. The Morgan fingerprint density at radius 2 is 2.13 bits per heavy atom. The molecular weight excluding hydrogens is 282 g/mol. The van der Waals surface area contributed by atoms with E-state index in [-0.39, 0.29) is 0 Å². The summed E-state index contributed by atoms with van der Waals surface area (Å²) in [5.41, 5.74) is 0.717. The van der Waals surface area contributed by atoms with E-state index in [0.717, 1.165) is 10.0 Å². The third kappa shape index (κ3) is 1.47. The zero-order valence-electron chi connectivity index (χ0n) is 8.32. The molecule has 0 N–H and O–H groups in total. The van der Waals surface area contributed by atoms with E-state index in [0.29, 0.717) is 17.2 Å². The largest absolute Gasteiger partial charge is 0.495 e. The van der Waals surface area contributed by atoms with Gasteiger partial charge in [-0.3, -0.25) is 0 Å². The Bertz CT molecular complexity index is 512. The molecule has 0 saturated carbocycles. The van der Waals surface area contributed by atoms with Gasteiger partial charge in [0, 0.05) is 19.2 Å². The smallest absolute Gasteiger partial charge is 0.243 e. The van der Waals surface area contributed by atoms with Gasteiger partial charge in [-0.15, -0.1) is 0 Å². The van der Waals surface area contributed by atoms with Crippen LogP contribution < -0.4 is 4.74 Å². The number of fused-ring (bicyclic) bond motifs is 1. The van der Waals surface area contributed by atoms with Crippen LogP contribution in [0.1, 0.15) is 5.56 Å². The number of methoxy groups -OCH3 is 1. The minimum atomic E-state index is -3.30. The molecule has 1 heterocycles. The highest BCUT2D eigenvalue weighted by Crippen LogP contribution is 2.39. The van der Waals surface area contributed by atoms with Crippen LogP contribution in [0, 0.1) is 0 Å². The molecule has 15 heavy (non-hydrogen) atoms. The van der Waals surface area contributed by atoms with Gasteiger partial charge < -0.3 is 4.74 Å². The number of nitrogens with zero attached hydrogens (tertiary/aromatic N) is 1. The summed E-state index contributed by atoms with van der Waals surface area (Å²) < 4.78 is 30.9. The van der Waals surface area contributed by atoms with Crippen LogP contribution in [0.5, 0.6) is 5.75 Å². The lowest BCUT2D eigenvalue weighted by Gasteiger charge is -2.07. The number of halogens is 1. The molecule has 4 nitrogen and oxygen atoms in total. The second-order valence-electron chi connectivity index (χ2n) is 3.32. The van der Waals surface area contributed by atoms with Crippen LogP contribution in [0.3, 0.4) is 0 Å². The zero-order valence-corrected chi connectivity index (χ0v) is 10.7. The highest BCUT2D eigenvalue weighted by molar-refractivity contribution is 9.10. The molecule has 0 saturated heterocycles. The van der Waals surface area contributed by atoms with Crippen molar-refractivity contribution in [3.63, 3.8) is 0 Å². The summed E-state index contributed by atoms with van der Waals surface area (Å²) in [6.45, 7) is 0.361. The number of hydrogen-bond donors (Lipinski definition) is 0. The summed E-state index contributed by atoms with van der Waals surface area (Å²) in [6, 6.07) is 3.29. The summed E-state index contributed by atoms with van der Waals surface area (Å²) in [5, 5.41) is 0. The molecule has 0 fully saturated rings. The van der Waals surface area contributed by atoms with Crippen molar-refractivity contribution in [2.24, 2.45) is 0 Å². The van der Waals surface area contributed by atoms with Gasteiger partial charge in [0.05, 0.1) is 16.5 Å². The van der Waals surface area contributed by atoms with Crippen LogP contribution in [0.2, 0.25) is 0 Å². The monoisotopic (exact) mass is 291 g/mol. The fourth-order valence-electron chi connectivity index (χ4n) is 1.67. The Hall–Kier alpha value is -0.590. The van der Waals surface area contributed by atoms with Crippen LogP contribution >= 0.6 is 15.9 Å². The second kappa shape index (κ2) is 3.47. The topological polar surface area (TPSA) is 46.6 Å². The van der Waals surface area contributed by atoms with Crippen molar-refractivity contribution in [3.05, 3.63) is 22.2 Å². The normalized spacial score (nSPS) is 18.9. The summed E-state index contributed by atoms with van der Waals surface area (Å²) in [7, 11) is -0.210. The van der Waals surface area contributed by atoms with Gasteiger partial charge in [0.25, 0.3) is 0 Å². The third-order valence-corrected chi connectivity index (χ3v) is 4.96. The molecule has 6 heteroatoms. The molecule has 1 aromatic rings. The van der Waals surface area contributed by atoms with Crippen LogP contribution in [-0.4, -0.2) is 26.9 Å². The molecule has 0 spiro atoms. The fourth-order valence-corrected chi connectivity index (χ4v) is 3.55. The third-order valence-electron chi connectivity index (χ3n) is 2.44. The van der Waals surface area contributed by atoms with Crippen molar-refractivity contribution in [2.75, 3.05) is 14.2 Å². The first-order valence-corrected chi connectivity index (χ1v) is 6.53. The van der Waals surface area contributed by atoms with E-state index in [2.05, 4.69) is 15.9 Å². The van der Waals surface area contributed by atoms with E-state index in [9.17, 15) is 8.42 Å². The van der Waals surface area contributed by atoms with Crippen molar-refractivity contribution >= 4 is 26.0 Å². The summed E-state index contributed by atoms with van der Waals surface area (Å²) >= 11 is 3.33. The SMILES string of the molecule is COc1c(Br)ccc2c1CN(C)S2(=O)=O. The van der Waals surface area contributed by atoms with Crippen molar-refractivity contribution < 1.29 is 13.2 Å². The summed E-state index contributed by atoms with van der Waals surface area (Å²) in [4.78, 5) is 0.338. The second-order valence-corrected chi connectivity index (χ2v) is 6.19. The Labute approximate surface area is 97.0 Å². The van der Waals surface area contributed by atoms with Gasteiger partial charge in [-0.2, -0.15) is 4.31 Å². The number of sulfonamides is 1. The molecule has 1 aliphatic rings. The van der Waals surface area contributed by atoms with E-state index in [4.69, 9.17) is 4.74 Å². The summed E-state index contributed by atoms with van der Waals surface area (Å²) in [5.74, 6) is 0.598. The Kier molecular flexibility index (Phi) is 2.52. The maximum Gasteiger partial charge on any atom is 0.243 e. The maximum absolute atomic E-state index is 11.8. The number of ether oxygens (including phenoxy) is 1. The Morgan fingerprint density at radius 3 is 2.73 bits per heavy atom. The molecule has 0 atom stereocenters. The first-order chi connectivity index (χ1) is 6.98. The maximum atomic E-state index is 11.8. The highest BCUT2D eigenvalue weighted by atomic mass is 79.9. The molecular formula is C9H10BrNO3S. The molecule has 1 aromatic carbocycles. The predicted octanol–water partition coefficient (Wildman–Crippen LogP) is 1.59. The van der Waals surface area contributed by atoms with Crippen LogP contribution in [0.4, 0.5) is 0 Å². The number of benzene rings is 1. The van der Waals surface area contributed by atoms with Gasteiger partial charge in [0.15, 0.2) is 0 Å². The van der Waals surface area contributed by atoms with E-state index >= 15 is 0 Å². The van der Waals surface area contributed by atoms with Gasteiger partial charge in [0.2, 0.25) is 10.0 Å². The van der Waals surface area contributed by atoms with E-state index in [1.54, 1.807) is 19.2 Å². The predicted molar refractivity (Wildman–Crippen MR) is 59.3 cm³/mol. The lowest BCUT2D eigenvalue weighted by atomic mass is 10.2. The van der Waals surface area contributed by atoms with Gasteiger partial charge in [-0.05, 0) is 28.1 Å². The molecule has 0 unspecified atom stereocenters. The summed E-state index contributed by atoms with van der Waals surface area (Å²) in [6.07, 6.45) is 0. The number of hydrogen-bond acceptors (Lipinski definition) is 3. The molecule has 0 aliphatic carbocycles. The minimum Gasteiger partial charge on any atom is -0.495 e. The molecule has 0 aromatic heterocycles. The Balaban J connectivity index is 2.74. The molecule has 2 rings (SSSR count). The zero-order chi connectivity index (χ0) is 11.2. The quantitative estimate of drug-likeness (QED) is 0.789. The average molecular weight is 292 g/mol. The fraction of sp³-hybridized carbons (Fsp3) is 0.333. The van der Waals surface area contributed by atoms with Gasteiger partial charge in [-0.1, -0.05) is 0 Å². The van der Waals surface area contributed by atoms with Crippen molar-refractivity contribution in [1.82, 2.24) is 4.31 Å². The molecule has 0 bridgehead atoms. The van der Waals surface area contributed by atoms with E-state index in [1.165, 1.54) is 11.4 Å². The first-order valence-electron chi connectivity index (χ1n) is 4.30. The molecule has 82 valence electrons. The lowest BCUT2D eigenvalue weighted by Crippen LogP contribution is -2.18. The van der Waals surface area contributed by atoms with Gasteiger partial charge in [0.1, 0.15) is 5.75 Å². The first kappa shape index (κ1) is 10.9. The van der Waals surface area contributed by atoms with Crippen LogP contribution in [-0.2, 0) is 16.6 Å². The molecule has 1 aliphatic heterocycles. The van der Waals surface area contributed by atoms with Crippen molar-refractivity contribution in [3.8, 4) is 5.75 Å². The minimum absolute atomic E-state index is 0.338.